The molecule has 1 amide bonds. The minimum Gasteiger partial charge on any atom is -0.391 e. The third-order valence-corrected chi connectivity index (χ3v) is 3.27. The van der Waals surface area contributed by atoms with Gasteiger partial charge in [-0.25, -0.2) is 8.78 Å². The molecule has 17 heavy (non-hydrogen) atoms. The number of carbonyl (C=O) groups excluding carboxylic acids is 1. The zero-order valence-electron chi connectivity index (χ0n) is 10.4. The summed E-state index contributed by atoms with van der Waals surface area (Å²) < 4.78 is 26.2. The molecule has 2 N–H and O–H groups in total. The maximum atomic E-state index is 13.1. The van der Waals surface area contributed by atoms with E-state index >= 15 is 0 Å². The quantitative estimate of drug-likeness (QED) is 0.800. The molecule has 0 saturated heterocycles. The Morgan fingerprint density at radius 3 is 2.71 bits per heavy atom. The van der Waals surface area contributed by atoms with Gasteiger partial charge in [-0.2, -0.15) is 0 Å². The molecule has 0 aromatic rings. The van der Waals surface area contributed by atoms with Gasteiger partial charge in [0.05, 0.1) is 6.10 Å². The van der Waals surface area contributed by atoms with Gasteiger partial charge in [-0.15, -0.1) is 0 Å². The molecule has 2 unspecified atom stereocenters. The fourth-order valence-electron chi connectivity index (χ4n) is 1.98. The number of alkyl halides is 2. The number of amides is 1. The van der Waals surface area contributed by atoms with Crippen molar-refractivity contribution >= 4 is 5.91 Å². The Bertz CT molecular complexity index is 269. The number of hydrogen-bond acceptors (Lipinski definition) is 2. The van der Waals surface area contributed by atoms with Gasteiger partial charge in [-0.3, -0.25) is 4.79 Å². The number of nitrogens with one attached hydrogen (secondary N) is 1. The summed E-state index contributed by atoms with van der Waals surface area (Å²) in [5.74, 6) is -3.64. The Morgan fingerprint density at radius 2 is 2.18 bits per heavy atom. The van der Waals surface area contributed by atoms with Crippen molar-refractivity contribution in [3.8, 4) is 0 Å². The molecule has 5 heteroatoms. The Kier molecular flexibility index (Phi) is 4.86. The number of aliphatic hydroxyl groups excluding tert-OH is 1. The summed E-state index contributed by atoms with van der Waals surface area (Å²) >= 11 is 0. The van der Waals surface area contributed by atoms with E-state index in [0.29, 0.717) is 12.8 Å². The summed E-state index contributed by atoms with van der Waals surface area (Å²) in [5, 5.41) is 12.1. The van der Waals surface area contributed by atoms with Crippen molar-refractivity contribution in [2.75, 3.05) is 6.54 Å². The molecule has 0 spiro atoms. The Labute approximate surface area is 101 Å². The summed E-state index contributed by atoms with van der Waals surface area (Å²) in [4.78, 5) is 11.7. The number of aliphatic hydroxyl groups is 1. The van der Waals surface area contributed by atoms with Crippen molar-refractivity contribution in [1.29, 1.82) is 0 Å². The van der Waals surface area contributed by atoms with Crippen molar-refractivity contribution in [3.63, 3.8) is 0 Å². The van der Waals surface area contributed by atoms with E-state index in [1.807, 2.05) is 13.8 Å². The fourth-order valence-corrected chi connectivity index (χ4v) is 1.98. The van der Waals surface area contributed by atoms with E-state index in [0.717, 1.165) is 0 Å². The van der Waals surface area contributed by atoms with E-state index in [1.54, 1.807) is 0 Å². The molecule has 1 aliphatic rings. The minimum atomic E-state index is -2.71. The van der Waals surface area contributed by atoms with Gasteiger partial charge in [-0.05, 0) is 18.8 Å². The largest absolute Gasteiger partial charge is 0.391 e. The lowest BCUT2D eigenvalue weighted by Gasteiger charge is -2.28. The van der Waals surface area contributed by atoms with Crippen LogP contribution < -0.4 is 5.32 Å². The van der Waals surface area contributed by atoms with Crippen LogP contribution in [0.4, 0.5) is 8.78 Å². The molecule has 1 aliphatic carbocycles. The second-order valence-corrected chi connectivity index (χ2v) is 5.21. The predicted molar refractivity (Wildman–Crippen MR) is 60.8 cm³/mol. The molecule has 100 valence electrons. The number of hydrogen-bond donors (Lipinski definition) is 2. The minimum absolute atomic E-state index is 0.0445. The highest BCUT2D eigenvalue weighted by atomic mass is 19.3. The highest BCUT2D eigenvalue weighted by molar-refractivity contribution is 5.78. The summed E-state index contributed by atoms with van der Waals surface area (Å²) in [5.41, 5.74) is 0. The zero-order chi connectivity index (χ0) is 13.1. The lowest BCUT2D eigenvalue weighted by atomic mass is 9.86. The van der Waals surface area contributed by atoms with Crippen LogP contribution in [0, 0.1) is 11.8 Å². The number of rotatable bonds is 4. The molecule has 1 fully saturated rings. The van der Waals surface area contributed by atoms with Crippen LogP contribution in [0.15, 0.2) is 0 Å². The van der Waals surface area contributed by atoms with Gasteiger partial charge in [0, 0.05) is 25.3 Å². The molecular formula is C12H21F2NO2. The molecule has 2 atom stereocenters. The Hall–Kier alpha value is -0.710. The lowest BCUT2D eigenvalue weighted by molar-refractivity contribution is -0.132. The van der Waals surface area contributed by atoms with Gasteiger partial charge in [0.15, 0.2) is 0 Å². The van der Waals surface area contributed by atoms with Crippen molar-refractivity contribution < 1.29 is 18.7 Å². The topological polar surface area (TPSA) is 49.3 Å². The summed E-state index contributed by atoms with van der Waals surface area (Å²) in [6.07, 6.45) is -0.206. The highest BCUT2D eigenvalue weighted by Crippen LogP contribution is 2.36. The first-order valence-electron chi connectivity index (χ1n) is 6.15. The maximum Gasteiger partial charge on any atom is 0.248 e. The zero-order valence-corrected chi connectivity index (χ0v) is 10.4. The first-order chi connectivity index (χ1) is 7.82. The third-order valence-electron chi connectivity index (χ3n) is 3.27. The maximum absolute atomic E-state index is 13.1. The Morgan fingerprint density at radius 1 is 1.53 bits per heavy atom. The van der Waals surface area contributed by atoms with E-state index in [2.05, 4.69) is 5.32 Å². The van der Waals surface area contributed by atoms with E-state index in [9.17, 15) is 18.7 Å². The first kappa shape index (κ1) is 14.4. The van der Waals surface area contributed by atoms with Crippen LogP contribution >= 0.6 is 0 Å². The van der Waals surface area contributed by atoms with E-state index in [4.69, 9.17) is 0 Å². The fraction of sp³-hybridized carbons (Fsp3) is 0.917. The molecular weight excluding hydrogens is 228 g/mol. The van der Waals surface area contributed by atoms with Crippen LogP contribution in [0.25, 0.3) is 0 Å². The van der Waals surface area contributed by atoms with Crippen molar-refractivity contribution in [3.05, 3.63) is 0 Å². The molecule has 0 bridgehead atoms. The van der Waals surface area contributed by atoms with E-state index in [-0.39, 0.29) is 31.2 Å². The smallest absolute Gasteiger partial charge is 0.248 e. The van der Waals surface area contributed by atoms with Crippen LogP contribution in [0.1, 0.15) is 39.5 Å². The summed E-state index contributed by atoms with van der Waals surface area (Å²) in [6, 6.07) is 0. The van der Waals surface area contributed by atoms with Crippen molar-refractivity contribution in [2.24, 2.45) is 11.8 Å². The average Bonchev–Trinajstić information content (AvgIpc) is 2.23. The van der Waals surface area contributed by atoms with Gasteiger partial charge in [0.25, 0.3) is 0 Å². The second-order valence-electron chi connectivity index (χ2n) is 5.21. The van der Waals surface area contributed by atoms with Crippen LogP contribution in [0.3, 0.4) is 0 Å². The summed E-state index contributed by atoms with van der Waals surface area (Å²) in [7, 11) is 0. The Balaban J connectivity index is 2.37. The van der Waals surface area contributed by atoms with Crippen molar-refractivity contribution in [1.82, 2.24) is 5.32 Å². The molecule has 1 rings (SSSR count). The summed E-state index contributed by atoms with van der Waals surface area (Å²) in [6.45, 7) is 3.82. The van der Waals surface area contributed by atoms with Crippen molar-refractivity contribution in [2.45, 2.75) is 51.6 Å². The van der Waals surface area contributed by atoms with E-state index in [1.165, 1.54) is 0 Å². The molecule has 0 aromatic carbocycles. The van der Waals surface area contributed by atoms with Gasteiger partial charge >= 0.3 is 0 Å². The molecule has 3 nitrogen and oxygen atoms in total. The van der Waals surface area contributed by atoms with Crippen LogP contribution in [0.5, 0.6) is 0 Å². The first-order valence-corrected chi connectivity index (χ1v) is 6.15. The van der Waals surface area contributed by atoms with Gasteiger partial charge in [0.2, 0.25) is 11.8 Å². The van der Waals surface area contributed by atoms with Gasteiger partial charge in [0.1, 0.15) is 0 Å². The van der Waals surface area contributed by atoms with Crippen LogP contribution in [-0.2, 0) is 4.79 Å². The lowest BCUT2D eigenvalue weighted by Crippen LogP contribution is -2.41. The highest BCUT2D eigenvalue weighted by Gasteiger charge is 2.39. The van der Waals surface area contributed by atoms with E-state index < -0.39 is 17.9 Å². The van der Waals surface area contributed by atoms with Crippen LogP contribution in [0.2, 0.25) is 0 Å². The third kappa shape index (κ3) is 4.58. The van der Waals surface area contributed by atoms with Crippen LogP contribution in [-0.4, -0.2) is 29.6 Å². The molecule has 0 aromatic heterocycles. The van der Waals surface area contributed by atoms with Gasteiger partial charge < -0.3 is 10.4 Å². The molecule has 1 saturated carbocycles. The average molecular weight is 249 g/mol. The normalized spacial score (nSPS) is 25.6. The standard InChI is InChI=1S/C12H21F2NO2/c1-8(2)10(16)7-15-11(17)9-4-3-5-12(13,14)6-9/h8-10,16H,3-7H2,1-2H3,(H,15,17). The monoisotopic (exact) mass is 249 g/mol. The molecule has 0 aliphatic heterocycles. The van der Waals surface area contributed by atoms with Gasteiger partial charge in [-0.1, -0.05) is 13.8 Å². The molecule has 0 heterocycles. The molecule has 0 radical (unpaired) electrons. The SMILES string of the molecule is CC(C)C(O)CNC(=O)C1CCCC(F)(F)C1. The number of halogens is 2. The number of carbonyl (C=O) groups is 1. The predicted octanol–water partition coefficient (Wildman–Crippen LogP) is 1.94. The second kappa shape index (κ2) is 5.76.